The van der Waals surface area contributed by atoms with Crippen molar-refractivity contribution in [2.75, 3.05) is 14.2 Å². The van der Waals surface area contributed by atoms with Gasteiger partial charge in [0.1, 0.15) is 0 Å². The quantitative estimate of drug-likeness (QED) is 0.818. The Labute approximate surface area is 105 Å². The van der Waals surface area contributed by atoms with Gasteiger partial charge in [0, 0.05) is 13.2 Å². The zero-order valence-corrected chi connectivity index (χ0v) is 11.7. The molecule has 2 nitrogen and oxygen atoms in total. The Morgan fingerprint density at radius 2 is 2.00 bits per heavy atom. The summed E-state index contributed by atoms with van der Waals surface area (Å²) in [6.07, 6.45) is 2.00. The van der Waals surface area contributed by atoms with Crippen LogP contribution in [0.3, 0.4) is 0 Å². The van der Waals surface area contributed by atoms with E-state index in [9.17, 15) is 0 Å². The third-order valence-corrected chi connectivity index (χ3v) is 3.94. The zero-order valence-electron chi connectivity index (χ0n) is 11.7. The minimum absolute atomic E-state index is 0.114. The molecule has 0 saturated heterocycles. The van der Waals surface area contributed by atoms with Gasteiger partial charge in [-0.2, -0.15) is 0 Å². The summed E-state index contributed by atoms with van der Waals surface area (Å²) < 4.78 is 5.69. The molecule has 17 heavy (non-hydrogen) atoms. The van der Waals surface area contributed by atoms with Crippen LogP contribution < -0.4 is 5.32 Å². The largest absolute Gasteiger partial charge is 0.377 e. The van der Waals surface area contributed by atoms with Gasteiger partial charge in [0.25, 0.3) is 0 Å². The van der Waals surface area contributed by atoms with Crippen LogP contribution in [-0.4, -0.2) is 25.8 Å². The molecule has 0 saturated carbocycles. The summed E-state index contributed by atoms with van der Waals surface area (Å²) >= 11 is 0. The van der Waals surface area contributed by atoms with Gasteiger partial charge < -0.3 is 10.1 Å². The smallest absolute Gasteiger partial charge is 0.0803 e. The van der Waals surface area contributed by atoms with Crippen molar-refractivity contribution in [1.29, 1.82) is 0 Å². The standard InChI is InChI=1S/C15H25NO/c1-6-15(3,17-5)14(16-4)11-13-10-8-7-9-12(13)2/h7-10,14,16H,6,11H2,1-5H3. The van der Waals surface area contributed by atoms with Crippen molar-refractivity contribution in [1.82, 2.24) is 5.32 Å². The van der Waals surface area contributed by atoms with Gasteiger partial charge >= 0.3 is 0 Å². The van der Waals surface area contributed by atoms with Crippen LogP contribution in [0.2, 0.25) is 0 Å². The first kappa shape index (κ1) is 14.2. The van der Waals surface area contributed by atoms with Gasteiger partial charge in [-0.05, 0) is 44.9 Å². The normalized spacial score (nSPS) is 16.5. The van der Waals surface area contributed by atoms with Crippen molar-refractivity contribution in [3.8, 4) is 0 Å². The number of rotatable bonds is 6. The Kier molecular flexibility index (Phi) is 5.16. The third-order valence-electron chi connectivity index (χ3n) is 3.94. The lowest BCUT2D eigenvalue weighted by Crippen LogP contribution is -2.49. The molecule has 0 radical (unpaired) electrons. The molecule has 1 rings (SSSR count). The predicted molar refractivity (Wildman–Crippen MR) is 73.4 cm³/mol. The summed E-state index contributed by atoms with van der Waals surface area (Å²) in [7, 11) is 3.81. The maximum atomic E-state index is 5.69. The molecule has 0 aliphatic heterocycles. The van der Waals surface area contributed by atoms with E-state index in [1.807, 2.05) is 7.05 Å². The monoisotopic (exact) mass is 235 g/mol. The molecule has 2 unspecified atom stereocenters. The van der Waals surface area contributed by atoms with Crippen LogP contribution >= 0.6 is 0 Å². The van der Waals surface area contributed by atoms with Crippen molar-refractivity contribution in [3.05, 3.63) is 35.4 Å². The number of likely N-dealkylation sites (N-methyl/N-ethyl adjacent to an activating group) is 1. The molecule has 96 valence electrons. The highest BCUT2D eigenvalue weighted by molar-refractivity contribution is 5.27. The molecule has 0 amide bonds. The van der Waals surface area contributed by atoms with Crippen molar-refractivity contribution >= 4 is 0 Å². The molecule has 2 heteroatoms. The van der Waals surface area contributed by atoms with E-state index < -0.39 is 0 Å². The van der Waals surface area contributed by atoms with Crippen LogP contribution in [0.15, 0.2) is 24.3 Å². The number of methoxy groups -OCH3 is 1. The molecule has 0 heterocycles. The SMILES string of the molecule is CCC(C)(OC)C(Cc1ccccc1C)NC. The fraction of sp³-hybridized carbons (Fsp3) is 0.600. The Bertz CT molecular complexity index is 345. The summed E-state index contributed by atoms with van der Waals surface area (Å²) in [6, 6.07) is 8.88. The van der Waals surface area contributed by atoms with Gasteiger partial charge in [0.15, 0.2) is 0 Å². The Morgan fingerprint density at radius 3 is 2.47 bits per heavy atom. The summed E-state index contributed by atoms with van der Waals surface area (Å²) in [5.41, 5.74) is 2.63. The molecule has 0 aliphatic rings. The van der Waals surface area contributed by atoms with E-state index in [-0.39, 0.29) is 5.60 Å². The van der Waals surface area contributed by atoms with Crippen molar-refractivity contribution in [2.24, 2.45) is 0 Å². The Balaban J connectivity index is 2.87. The Hall–Kier alpha value is -0.860. The van der Waals surface area contributed by atoms with Crippen LogP contribution in [0.4, 0.5) is 0 Å². The maximum Gasteiger partial charge on any atom is 0.0803 e. The lowest BCUT2D eigenvalue weighted by atomic mass is 9.87. The molecule has 0 fully saturated rings. The highest BCUT2D eigenvalue weighted by Gasteiger charge is 2.31. The predicted octanol–water partition coefficient (Wildman–Crippen LogP) is 2.94. The van der Waals surface area contributed by atoms with Crippen LogP contribution in [0, 0.1) is 6.92 Å². The first-order valence-corrected chi connectivity index (χ1v) is 6.34. The molecule has 2 atom stereocenters. The molecule has 0 spiro atoms. The topological polar surface area (TPSA) is 21.3 Å². The molecule has 1 N–H and O–H groups in total. The van der Waals surface area contributed by atoms with Crippen LogP contribution in [0.25, 0.3) is 0 Å². The number of aryl methyl sites for hydroxylation is 1. The fourth-order valence-corrected chi connectivity index (χ4v) is 2.22. The van der Waals surface area contributed by atoms with E-state index >= 15 is 0 Å². The summed E-state index contributed by atoms with van der Waals surface area (Å²) in [5, 5.41) is 3.40. The number of hydrogen-bond acceptors (Lipinski definition) is 2. The summed E-state index contributed by atoms with van der Waals surface area (Å²) in [6.45, 7) is 6.51. The summed E-state index contributed by atoms with van der Waals surface area (Å²) in [4.78, 5) is 0. The van der Waals surface area contributed by atoms with Gasteiger partial charge in [0.05, 0.1) is 5.60 Å². The number of benzene rings is 1. The van der Waals surface area contributed by atoms with E-state index in [1.54, 1.807) is 7.11 Å². The third kappa shape index (κ3) is 3.30. The molecule has 1 aromatic rings. The second-order valence-electron chi connectivity index (χ2n) is 4.84. The number of nitrogens with one attached hydrogen (secondary N) is 1. The van der Waals surface area contributed by atoms with Crippen molar-refractivity contribution in [2.45, 2.75) is 45.3 Å². The molecule has 1 aromatic carbocycles. The highest BCUT2D eigenvalue weighted by atomic mass is 16.5. The maximum absolute atomic E-state index is 5.69. The van der Waals surface area contributed by atoms with E-state index in [0.717, 1.165) is 12.8 Å². The average Bonchev–Trinajstić information content (AvgIpc) is 2.37. The first-order valence-electron chi connectivity index (χ1n) is 6.34. The fourth-order valence-electron chi connectivity index (χ4n) is 2.22. The first-order chi connectivity index (χ1) is 8.07. The van der Waals surface area contributed by atoms with Crippen molar-refractivity contribution in [3.63, 3.8) is 0 Å². The minimum Gasteiger partial charge on any atom is -0.377 e. The second-order valence-corrected chi connectivity index (χ2v) is 4.84. The lowest BCUT2D eigenvalue weighted by Gasteiger charge is -2.36. The molecule has 0 bridgehead atoms. The minimum atomic E-state index is -0.114. The Morgan fingerprint density at radius 1 is 1.35 bits per heavy atom. The van der Waals surface area contributed by atoms with Gasteiger partial charge in [-0.1, -0.05) is 31.2 Å². The lowest BCUT2D eigenvalue weighted by molar-refractivity contribution is -0.0268. The van der Waals surface area contributed by atoms with Crippen LogP contribution in [0.5, 0.6) is 0 Å². The van der Waals surface area contributed by atoms with E-state index in [1.165, 1.54) is 11.1 Å². The average molecular weight is 235 g/mol. The second kappa shape index (κ2) is 6.18. The van der Waals surface area contributed by atoms with E-state index in [0.29, 0.717) is 6.04 Å². The van der Waals surface area contributed by atoms with E-state index in [4.69, 9.17) is 4.74 Å². The van der Waals surface area contributed by atoms with Crippen molar-refractivity contribution < 1.29 is 4.74 Å². The van der Waals surface area contributed by atoms with Gasteiger partial charge in [-0.25, -0.2) is 0 Å². The van der Waals surface area contributed by atoms with E-state index in [2.05, 4.69) is 50.4 Å². The molecule has 0 aliphatic carbocycles. The van der Waals surface area contributed by atoms with Gasteiger partial charge in [0.2, 0.25) is 0 Å². The molecular formula is C15H25NO. The zero-order chi connectivity index (χ0) is 12.9. The highest BCUT2D eigenvalue weighted by Crippen LogP contribution is 2.23. The van der Waals surface area contributed by atoms with Crippen LogP contribution in [0.1, 0.15) is 31.4 Å². The number of hydrogen-bond donors (Lipinski definition) is 1. The van der Waals surface area contributed by atoms with Gasteiger partial charge in [-0.15, -0.1) is 0 Å². The summed E-state index contributed by atoms with van der Waals surface area (Å²) in [5.74, 6) is 0. The molecular weight excluding hydrogens is 210 g/mol. The van der Waals surface area contributed by atoms with Crippen LogP contribution in [-0.2, 0) is 11.2 Å². The molecule has 0 aromatic heterocycles. The number of ether oxygens (including phenoxy) is 1. The van der Waals surface area contributed by atoms with Gasteiger partial charge in [-0.3, -0.25) is 0 Å².